The molecule has 20 heteroatoms. The number of ketones is 2. The maximum Gasteiger partial charge on any atom is 0.673 e. The Bertz CT molecular complexity index is 1550. The summed E-state index contributed by atoms with van der Waals surface area (Å²) in [5, 5.41) is 0.102. The van der Waals surface area contributed by atoms with E-state index in [1.54, 1.807) is 0 Å². The summed E-state index contributed by atoms with van der Waals surface area (Å²) in [7, 11) is 1.09. The molecule has 0 spiro atoms. The Balaban J connectivity index is 0.000000328. The lowest BCUT2D eigenvalue weighted by Gasteiger charge is -2.03. The predicted molar refractivity (Wildman–Crippen MR) is 131 cm³/mol. The molecule has 42 heavy (non-hydrogen) atoms. The molecule has 0 atom stereocenters. The highest BCUT2D eigenvalue weighted by molar-refractivity contribution is 6.50. The first-order chi connectivity index (χ1) is 19.1. The number of ether oxygens (including phenoxy) is 1. The van der Waals surface area contributed by atoms with Gasteiger partial charge in [-0.3, -0.25) is 14.4 Å². The molecule has 0 fully saturated rings. The third-order valence-electron chi connectivity index (χ3n) is 4.38. The molecule has 0 amide bonds. The van der Waals surface area contributed by atoms with E-state index in [4.69, 9.17) is 4.74 Å². The summed E-state index contributed by atoms with van der Waals surface area (Å²) in [6.07, 6.45) is -5.49. The molecule has 0 aliphatic heterocycles. The van der Waals surface area contributed by atoms with Crippen molar-refractivity contribution < 1.29 is 62.3 Å². The normalized spacial score (nSPS) is 11.6. The van der Waals surface area contributed by atoms with Gasteiger partial charge in [0.15, 0.2) is 0 Å². The van der Waals surface area contributed by atoms with Gasteiger partial charge in [-0.05, 0) is 12.1 Å². The van der Waals surface area contributed by atoms with Gasteiger partial charge >= 0.3 is 19.6 Å². The average molecular weight is 622 g/mol. The lowest BCUT2D eigenvalue weighted by atomic mass is 10.1. The minimum absolute atomic E-state index is 0.0360. The minimum Gasteiger partial charge on any atom is -0.479 e. The third kappa shape index (κ3) is 10.6. The predicted octanol–water partition coefficient (Wildman–Crippen LogP) is 5.65. The first-order valence-electron chi connectivity index (χ1n) is 10.9. The number of pyridine rings is 2. The largest absolute Gasteiger partial charge is 0.673 e. The molecule has 0 saturated heterocycles. The van der Waals surface area contributed by atoms with Crippen LogP contribution >= 0.6 is 0 Å². The molecular weight excluding hydrogens is 601 g/mol. The van der Waals surface area contributed by atoms with Crippen molar-refractivity contribution in [1.82, 2.24) is 19.9 Å². The molecule has 0 aliphatic rings. The number of methoxy groups -OCH3 is 1. The number of carbonyl (C=O) groups excluding carboxylic acids is 2. The maximum atomic E-state index is 12.3. The number of nitrogens with one attached hydrogen (secondary N) is 3. The molecule has 4 heterocycles. The Labute approximate surface area is 228 Å². The molecule has 3 N–H and O–H groups in total. The van der Waals surface area contributed by atoms with Crippen LogP contribution in [0.4, 0.5) is 43.6 Å². The van der Waals surface area contributed by atoms with E-state index >= 15 is 0 Å². The van der Waals surface area contributed by atoms with Gasteiger partial charge in [-0.2, -0.15) is 26.3 Å². The quantitative estimate of drug-likeness (QED) is 0.118. The zero-order valence-electron chi connectivity index (χ0n) is 21.8. The van der Waals surface area contributed by atoms with Crippen LogP contribution < -0.4 is 10.3 Å². The minimum atomic E-state index is -6.00. The van der Waals surface area contributed by atoms with E-state index in [1.807, 2.05) is 21.3 Å². The van der Waals surface area contributed by atoms with Gasteiger partial charge in [0, 0.05) is 35.6 Å². The first kappa shape index (κ1) is 35.7. The molecule has 0 aromatic carbocycles. The summed E-state index contributed by atoms with van der Waals surface area (Å²) in [5.41, 5.74) is -1.33. The van der Waals surface area contributed by atoms with Gasteiger partial charge in [0.25, 0.3) is 17.1 Å². The summed E-state index contributed by atoms with van der Waals surface area (Å²) in [6.45, 7) is 0. The second-order valence-electron chi connectivity index (χ2n) is 8.12. The van der Waals surface area contributed by atoms with Crippen molar-refractivity contribution in [2.75, 3.05) is 28.4 Å². The van der Waals surface area contributed by atoms with Crippen molar-refractivity contribution >= 4 is 40.6 Å². The second kappa shape index (κ2) is 14.0. The topological polar surface area (TPSA) is 123 Å². The van der Waals surface area contributed by atoms with Gasteiger partial charge in [-0.25, -0.2) is 4.98 Å². The van der Waals surface area contributed by atoms with Gasteiger partial charge in [-0.15, -0.1) is 0 Å². The van der Waals surface area contributed by atoms with E-state index in [-0.39, 0.29) is 27.7 Å². The summed E-state index contributed by atoms with van der Waals surface area (Å²) < 4.78 is 120. The van der Waals surface area contributed by atoms with E-state index in [0.29, 0.717) is 0 Å². The number of aromatic amines is 3. The summed E-state index contributed by atoms with van der Waals surface area (Å²) in [5.74, 6) is -3.72. The molecule has 0 radical (unpaired) electrons. The number of nitrogens with zero attached hydrogens (tertiary/aromatic N) is 1. The lowest BCUT2D eigenvalue weighted by molar-refractivity contribution is -0.0887. The van der Waals surface area contributed by atoms with Crippen LogP contribution in [0.2, 0.25) is 0 Å². The van der Waals surface area contributed by atoms with Gasteiger partial charge < -0.3 is 41.3 Å². The van der Waals surface area contributed by atoms with Crippen LogP contribution in [0.25, 0.3) is 21.8 Å². The van der Waals surface area contributed by atoms with Crippen LogP contribution in [-0.4, -0.2) is 79.5 Å². The van der Waals surface area contributed by atoms with Gasteiger partial charge in [0.05, 0.1) is 18.2 Å². The van der Waals surface area contributed by atoms with Crippen molar-refractivity contribution in [3.8, 4) is 5.88 Å². The van der Waals surface area contributed by atoms with Crippen molar-refractivity contribution in [1.29, 1.82) is 0 Å². The summed E-state index contributed by atoms with van der Waals surface area (Å²) >= 11 is 0. The second-order valence-corrected chi connectivity index (χ2v) is 8.12. The highest BCUT2D eigenvalue weighted by atomic mass is 19.5. The first-order valence-corrected chi connectivity index (χ1v) is 10.9. The van der Waals surface area contributed by atoms with E-state index < -0.39 is 47.9 Å². The number of aromatic nitrogens is 4. The van der Waals surface area contributed by atoms with Crippen molar-refractivity contribution in [2.24, 2.45) is 0 Å². The van der Waals surface area contributed by atoms with Crippen LogP contribution in [-0.2, 0) is 4.37 Å². The number of alkyl halides is 6. The van der Waals surface area contributed by atoms with Crippen LogP contribution in [0, 0.1) is 0 Å². The highest BCUT2D eigenvalue weighted by Crippen LogP contribution is 2.30. The Morgan fingerprint density at radius 2 is 1.21 bits per heavy atom. The Morgan fingerprint density at radius 3 is 1.62 bits per heavy atom. The fraction of sp³-hybridized carbons (Fsp3) is 0.273. The number of hydrogen-bond donors (Lipinski definition) is 3. The average Bonchev–Trinajstić information content (AvgIpc) is 3.46. The van der Waals surface area contributed by atoms with Crippen molar-refractivity contribution in [2.45, 2.75) is 12.4 Å². The molecule has 4 aromatic rings. The van der Waals surface area contributed by atoms with E-state index in [2.05, 4.69) is 24.3 Å². The summed E-state index contributed by atoms with van der Waals surface area (Å²) in [6, 6.07) is 2.57. The third-order valence-corrected chi connectivity index (χ3v) is 4.38. The maximum absolute atomic E-state index is 12.3. The van der Waals surface area contributed by atoms with Crippen LogP contribution in [0.15, 0.2) is 41.7 Å². The Morgan fingerprint density at radius 1 is 0.810 bits per heavy atom. The number of Topliss-reactive ketones (excluding diaryl/α,β-unsaturated/α-hetero) is 2. The van der Waals surface area contributed by atoms with E-state index in [9.17, 15) is 58.0 Å². The fourth-order valence-corrected chi connectivity index (χ4v) is 2.93. The number of halogens is 10. The molecule has 4 rings (SSSR count). The van der Waals surface area contributed by atoms with Crippen molar-refractivity contribution in [3.05, 3.63) is 58.4 Å². The molecule has 232 valence electrons. The van der Waals surface area contributed by atoms with Gasteiger partial charge in [0.1, 0.15) is 32.4 Å². The molecule has 4 aromatic heterocycles. The lowest BCUT2D eigenvalue weighted by Crippen LogP contribution is -2.22. The van der Waals surface area contributed by atoms with Crippen LogP contribution in [0.3, 0.4) is 0 Å². The zero-order valence-corrected chi connectivity index (χ0v) is 21.8. The van der Waals surface area contributed by atoms with Gasteiger partial charge in [0.2, 0.25) is 5.88 Å². The zero-order chi connectivity index (χ0) is 32.6. The number of carbonyl (C=O) groups is 2. The number of hydrogen-bond acceptors (Lipinski definition) is 5. The molecule has 9 nitrogen and oxygen atoms in total. The molecule has 0 unspecified atom stereocenters. The Hall–Kier alpha value is -4.36. The smallest absolute Gasteiger partial charge is 0.479 e. The molecule has 0 aliphatic carbocycles. The van der Waals surface area contributed by atoms with Crippen LogP contribution in [0.5, 0.6) is 5.88 Å². The van der Waals surface area contributed by atoms with Crippen LogP contribution in [0.1, 0.15) is 20.7 Å². The molecule has 0 bridgehead atoms. The standard InChI is InChI=1S/C10H7F3N2O2.C9H5F3N2O2.C3H9O.BF4/c1-17-9-7-5(2-3-14-9)6(4-15-7)8(16)10(11,12)13;10-9(11,12)7(15)5-3-14-6-4(5)1-2-13-8(6)16;1-4(2)3;2-1(3,4)5/h2-4,15H,1H3;1-3,14H,(H,13,16);1-3H3;/q;;+1;-1. The van der Waals surface area contributed by atoms with Gasteiger partial charge in [-0.1, -0.05) is 0 Å². The fourth-order valence-electron chi connectivity index (χ4n) is 2.93. The highest BCUT2D eigenvalue weighted by Gasteiger charge is 2.41. The van der Waals surface area contributed by atoms with Crippen molar-refractivity contribution in [3.63, 3.8) is 0 Å². The monoisotopic (exact) mass is 622 g/mol. The Kier molecular flexibility index (Phi) is 11.9. The number of H-pyrrole nitrogens is 3. The molecule has 0 saturated carbocycles. The SMILES string of the molecule is COc1nccc2c(C(=O)C(F)(F)F)c[nH]c12.C[O+](C)C.F[B-](F)(F)F.O=C(c1c[nH]c2c(=O)[nH]ccc12)C(F)(F)F. The number of rotatable bonds is 3. The number of fused-ring (bicyclic) bond motifs is 2. The summed E-state index contributed by atoms with van der Waals surface area (Å²) in [4.78, 5) is 44.3. The molecular formula is C22H21BF10N4O5. The van der Waals surface area contributed by atoms with E-state index in [1.165, 1.54) is 31.6 Å². The van der Waals surface area contributed by atoms with E-state index in [0.717, 1.165) is 12.4 Å².